The first-order valence-electron chi connectivity index (χ1n) is 5.21. The maximum atomic E-state index is 5.38. The molecule has 1 aromatic heterocycles. The third kappa shape index (κ3) is 4.32. The predicted octanol–water partition coefficient (Wildman–Crippen LogP) is 2.48. The number of rotatable bonds is 7. The van der Waals surface area contributed by atoms with Gasteiger partial charge in [-0.05, 0) is 6.07 Å². The Bertz CT molecular complexity index is 292. The van der Waals surface area contributed by atoms with Gasteiger partial charge in [-0.15, -0.1) is 6.58 Å². The van der Waals surface area contributed by atoms with Crippen molar-refractivity contribution in [1.29, 1.82) is 0 Å². The second-order valence-electron chi connectivity index (χ2n) is 3.71. The van der Waals surface area contributed by atoms with E-state index in [0.717, 1.165) is 17.9 Å². The van der Waals surface area contributed by atoms with Crippen molar-refractivity contribution in [3.63, 3.8) is 0 Å². The number of hydrogen-bond acceptors (Lipinski definition) is 3. The van der Waals surface area contributed by atoms with E-state index in [9.17, 15) is 0 Å². The Labute approximate surface area is 91.1 Å². The van der Waals surface area contributed by atoms with Crippen molar-refractivity contribution >= 4 is 0 Å². The molecule has 0 aliphatic rings. The standard InChI is InChI=1S/C12H19NO2/c1-4-6-14-9-11-5-7-15-12(11)8-13-10(2)3/h4-5,7,10,13H,1,6,8-9H2,2-3H3. The predicted molar refractivity (Wildman–Crippen MR) is 60.5 cm³/mol. The number of hydrogen-bond donors (Lipinski definition) is 1. The van der Waals surface area contributed by atoms with Gasteiger partial charge >= 0.3 is 0 Å². The van der Waals surface area contributed by atoms with E-state index in [1.54, 1.807) is 12.3 Å². The third-order valence-electron chi connectivity index (χ3n) is 2.00. The third-order valence-corrected chi connectivity index (χ3v) is 2.00. The van der Waals surface area contributed by atoms with Gasteiger partial charge in [0.1, 0.15) is 5.76 Å². The van der Waals surface area contributed by atoms with E-state index in [0.29, 0.717) is 19.3 Å². The average molecular weight is 209 g/mol. The van der Waals surface area contributed by atoms with Crippen LogP contribution in [0.3, 0.4) is 0 Å². The Hall–Kier alpha value is -1.06. The van der Waals surface area contributed by atoms with Crippen LogP contribution in [0.4, 0.5) is 0 Å². The summed E-state index contributed by atoms with van der Waals surface area (Å²) in [6, 6.07) is 2.40. The second kappa shape index (κ2) is 6.43. The molecule has 0 fully saturated rings. The van der Waals surface area contributed by atoms with Crippen molar-refractivity contribution < 1.29 is 9.15 Å². The van der Waals surface area contributed by atoms with Crippen LogP contribution in [0.1, 0.15) is 25.2 Å². The smallest absolute Gasteiger partial charge is 0.123 e. The zero-order valence-electron chi connectivity index (χ0n) is 9.45. The van der Waals surface area contributed by atoms with Gasteiger partial charge in [-0.2, -0.15) is 0 Å². The molecule has 0 aromatic carbocycles. The Balaban J connectivity index is 2.42. The lowest BCUT2D eigenvalue weighted by molar-refractivity contribution is 0.147. The topological polar surface area (TPSA) is 34.4 Å². The van der Waals surface area contributed by atoms with Gasteiger partial charge in [-0.3, -0.25) is 0 Å². The Morgan fingerprint density at radius 1 is 1.60 bits per heavy atom. The molecule has 1 heterocycles. The Morgan fingerprint density at radius 3 is 3.07 bits per heavy atom. The van der Waals surface area contributed by atoms with Gasteiger partial charge < -0.3 is 14.5 Å². The van der Waals surface area contributed by atoms with Crippen LogP contribution < -0.4 is 5.32 Å². The van der Waals surface area contributed by atoms with E-state index >= 15 is 0 Å². The molecule has 1 rings (SSSR count). The first kappa shape index (κ1) is 12.0. The summed E-state index contributed by atoms with van der Waals surface area (Å²) in [5.41, 5.74) is 1.10. The van der Waals surface area contributed by atoms with Crippen molar-refractivity contribution in [2.75, 3.05) is 6.61 Å². The molecular formula is C12H19NO2. The van der Waals surface area contributed by atoms with Gasteiger partial charge in [0.15, 0.2) is 0 Å². The fourth-order valence-corrected chi connectivity index (χ4v) is 1.20. The van der Waals surface area contributed by atoms with Crippen LogP contribution in [-0.4, -0.2) is 12.6 Å². The molecule has 1 N–H and O–H groups in total. The Kier molecular flexibility index (Phi) is 5.15. The molecule has 84 valence electrons. The molecule has 0 bridgehead atoms. The molecule has 15 heavy (non-hydrogen) atoms. The number of ether oxygens (including phenoxy) is 1. The summed E-state index contributed by atoms with van der Waals surface area (Å²) in [6.45, 7) is 9.72. The first-order chi connectivity index (χ1) is 7.24. The maximum absolute atomic E-state index is 5.38. The molecule has 0 unspecified atom stereocenters. The van der Waals surface area contributed by atoms with Gasteiger partial charge in [-0.1, -0.05) is 19.9 Å². The van der Waals surface area contributed by atoms with Gasteiger partial charge in [0, 0.05) is 11.6 Å². The van der Waals surface area contributed by atoms with Gasteiger partial charge in [0.2, 0.25) is 0 Å². The fourth-order valence-electron chi connectivity index (χ4n) is 1.20. The van der Waals surface area contributed by atoms with Crippen LogP contribution in [0.5, 0.6) is 0 Å². The van der Waals surface area contributed by atoms with E-state index in [-0.39, 0.29) is 0 Å². The van der Waals surface area contributed by atoms with Crippen LogP contribution in [0.25, 0.3) is 0 Å². The van der Waals surface area contributed by atoms with Crippen molar-refractivity contribution in [2.24, 2.45) is 0 Å². The largest absolute Gasteiger partial charge is 0.468 e. The summed E-state index contributed by atoms with van der Waals surface area (Å²) in [4.78, 5) is 0. The SMILES string of the molecule is C=CCOCc1ccoc1CNC(C)C. The van der Waals surface area contributed by atoms with Crippen LogP contribution in [0, 0.1) is 0 Å². The highest BCUT2D eigenvalue weighted by atomic mass is 16.5. The van der Waals surface area contributed by atoms with E-state index in [1.165, 1.54) is 0 Å². The lowest BCUT2D eigenvalue weighted by atomic mass is 10.2. The van der Waals surface area contributed by atoms with Crippen LogP contribution >= 0.6 is 0 Å². The second-order valence-corrected chi connectivity index (χ2v) is 3.71. The molecule has 0 spiro atoms. The molecule has 1 aromatic rings. The number of nitrogens with one attached hydrogen (secondary N) is 1. The minimum absolute atomic E-state index is 0.456. The highest BCUT2D eigenvalue weighted by molar-refractivity contribution is 5.15. The molecule has 0 aliphatic heterocycles. The minimum atomic E-state index is 0.456. The number of furan rings is 1. The summed E-state index contributed by atoms with van der Waals surface area (Å²) in [6.07, 6.45) is 3.44. The molecule has 0 amide bonds. The molecule has 0 radical (unpaired) electrons. The molecular weight excluding hydrogens is 190 g/mol. The molecule has 0 atom stereocenters. The Morgan fingerprint density at radius 2 is 2.40 bits per heavy atom. The van der Waals surface area contributed by atoms with E-state index in [1.807, 2.05) is 6.07 Å². The lowest BCUT2D eigenvalue weighted by Crippen LogP contribution is -2.22. The van der Waals surface area contributed by atoms with Gasteiger partial charge in [0.05, 0.1) is 26.0 Å². The normalized spacial score (nSPS) is 10.9. The molecule has 0 saturated heterocycles. The molecule has 3 nitrogen and oxygen atoms in total. The van der Waals surface area contributed by atoms with Crippen LogP contribution in [0.2, 0.25) is 0 Å². The van der Waals surface area contributed by atoms with Crippen molar-refractivity contribution in [1.82, 2.24) is 5.32 Å². The summed E-state index contributed by atoms with van der Waals surface area (Å²) in [7, 11) is 0. The van der Waals surface area contributed by atoms with E-state index in [4.69, 9.17) is 9.15 Å². The van der Waals surface area contributed by atoms with Crippen molar-refractivity contribution in [3.8, 4) is 0 Å². The van der Waals surface area contributed by atoms with Gasteiger partial charge in [-0.25, -0.2) is 0 Å². The van der Waals surface area contributed by atoms with Crippen molar-refractivity contribution in [2.45, 2.75) is 33.0 Å². The monoisotopic (exact) mass is 209 g/mol. The van der Waals surface area contributed by atoms with E-state index in [2.05, 4.69) is 25.7 Å². The summed E-state index contributed by atoms with van der Waals surface area (Å²) in [5.74, 6) is 0.952. The fraction of sp³-hybridized carbons (Fsp3) is 0.500. The summed E-state index contributed by atoms with van der Waals surface area (Å²) >= 11 is 0. The first-order valence-corrected chi connectivity index (χ1v) is 5.21. The molecule has 3 heteroatoms. The quantitative estimate of drug-likeness (QED) is 0.553. The average Bonchev–Trinajstić information content (AvgIpc) is 2.63. The summed E-state index contributed by atoms with van der Waals surface area (Å²) < 4.78 is 10.7. The zero-order chi connectivity index (χ0) is 11.1. The van der Waals surface area contributed by atoms with Crippen molar-refractivity contribution in [3.05, 3.63) is 36.3 Å². The maximum Gasteiger partial charge on any atom is 0.123 e. The van der Waals surface area contributed by atoms with Gasteiger partial charge in [0.25, 0.3) is 0 Å². The minimum Gasteiger partial charge on any atom is -0.468 e. The van der Waals surface area contributed by atoms with Crippen LogP contribution in [0.15, 0.2) is 29.4 Å². The van der Waals surface area contributed by atoms with Crippen LogP contribution in [-0.2, 0) is 17.9 Å². The molecule has 0 saturated carbocycles. The zero-order valence-corrected chi connectivity index (χ0v) is 9.45. The molecule has 0 aliphatic carbocycles. The summed E-state index contributed by atoms with van der Waals surface area (Å²) in [5, 5.41) is 3.31. The highest BCUT2D eigenvalue weighted by Crippen LogP contribution is 2.11. The van der Waals surface area contributed by atoms with E-state index < -0.39 is 0 Å². The highest BCUT2D eigenvalue weighted by Gasteiger charge is 2.06. The lowest BCUT2D eigenvalue weighted by Gasteiger charge is -2.07.